The Hall–Kier alpha value is -1.16. The molecule has 3 rings (SSSR count). The van der Waals surface area contributed by atoms with Crippen LogP contribution in [0.3, 0.4) is 0 Å². The van der Waals surface area contributed by atoms with Crippen molar-refractivity contribution in [2.24, 2.45) is 0 Å². The normalized spacial score (nSPS) is 21.2. The van der Waals surface area contributed by atoms with Crippen LogP contribution >= 0.6 is 0 Å². The lowest BCUT2D eigenvalue weighted by molar-refractivity contribution is 0.180. The highest BCUT2D eigenvalue weighted by Gasteiger charge is 2.18. The highest BCUT2D eigenvalue weighted by atomic mass is 15.2. The van der Waals surface area contributed by atoms with Crippen molar-refractivity contribution in [1.82, 2.24) is 14.9 Å². The van der Waals surface area contributed by atoms with Gasteiger partial charge in [0.25, 0.3) is 0 Å². The third kappa shape index (κ3) is 3.11. The fourth-order valence-electron chi connectivity index (χ4n) is 3.41. The van der Waals surface area contributed by atoms with Crippen LogP contribution in [0.2, 0.25) is 0 Å². The number of fused-ring (bicyclic) bond motifs is 1. The van der Waals surface area contributed by atoms with Gasteiger partial charge in [-0.25, -0.2) is 9.97 Å². The van der Waals surface area contributed by atoms with Gasteiger partial charge in [0.1, 0.15) is 12.1 Å². The standard InChI is InChI=1S/C16H26N4/c1-13(20-9-5-2-6-10-20)11-17-16-14-7-3-4-8-15(14)18-12-19-16/h12-13H,2-11H2,1H3,(H,17,18,19). The molecule has 1 aromatic rings. The lowest BCUT2D eigenvalue weighted by Crippen LogP contribution is -2.41. The number of nitrogens with zero attached hydrogens (tertiary/aromatic N) is 3. The number of anilines is 1. The van der Waals surface area contributed by atoms with Gasteiger partial charge in [0.15, 0.2) is 0 Å². The van der Waals surface area contributed by atoms with Gasteiger partial charge >= 0.3 is 0 Å². The third-order valence-electron chi connectivity index (χ3n) is 4.70. The van der Waals surface area contributed by atoms with Crippen molar-refractivity contribution in [3.63, 3.8) is 0 Å². The van der Waals surface area contributed by atoms with E-state index < -0.39 is 0 Å². The van der Waals surface area contributed by atoms with Crippen molar-refractivity contribution >= 4 is 5.82 Å². The Morgan fingerprint density at radius 2 is 1.90 bits per heavy atom. The van der Waals surface area contributed by atoms with Gasteiger partial charge in [0.2, 0.25) is 0 Å². The Morgan fingerprint density at radius 3 is 2.75 bits per heavy atom. The molecule has 1 fully saturated rings. The summed E-state index contributed by atoms with van der Waals surface area (Å²) >= 11 is 0. The number of nitrogens with one attached hydrogen (secondary N) is 1. The molecule has 0 bridgehead atoms. The van der Waals surface area contributed by atoms with Crippen LogP contribution in [0, 0.1) is 0 Å². The van der Waals surface area contributed by atoms with Crippen LogP contribution < -0.4 is 5.32 Å². The summed E-state index contributed by atoms with van der Waals surface area (Å²) in [6, 6.07) is 0.588. The quantitative estimate of drug-likeness (QED) is 0.916. The summed E-state index contributed by atoms with van der Waals surface area (Å²) in [4.78, 5) is 11.5. The van der Waals surface area contributed by atoms with E-state index in [-0.39, 0.29) is 0 Å². The summed E-state index contributed by atoms with van der Waals surface area (Å²) in [6.07, 6.45) is 10.6. The Bertz CT molecular complexity index is 440. The number of aromatic nitrogens is 2. The minimum Gasteiger partial charge on any atom is -0.368 e. The Morgan fingerprint density at radius 1 is 1.10 bits per heavy atom. The van der Waals surface area contributed by atoms with E-state index in [9.17, 15) is 0 Å². The first-order valence-electron chi connectivity index (χ1n) is 8.15. The van der Waals surface area contributed by atoms with E-state index in [1.165, 1.54) is 56.5 Å². The molecule has 1 atom stereocenters. The van der Waals surface area contributed by atoms with E-state index in [0.29, 0.717) is 6.04 Å². The number of likely N-dealkylation sites (tertiary alicyclic amines) is 1. The second-order valence-electron chi connectivity index (χ2n) is 6.18. The summed E-state index contributed by atoms with van der Waals surface area (Å²) in [6.45, 7) is 5.82. The molecular formula is C16H26N4. The van der Waals surface area contributed by atoms with Crippen LogP contribution in [0.4, 0.5) is 5.82 Å². The zero-order valence-electron chi connectivity index (χ0n) is 12.6. The number of aryl methyl sites for hydroxylation is 1. The lowest BCUT2D eigenvalue weighted by atomic mass is 9.96. The van der Waals surface area contributed by atoms with Gasteiger partial charge in [-0.1, -0.05) is 6.42 Å². The molecule has 0 radical (unpaired) electrons. The molecule has 1 aliphatic heterocycles. The zero-order valence-corrected chi connectivity index (χ0v) is 12.6. The first-order chi connectivity index (χ1) is 9.84. The maximum Gasteiger partial charge on any atom is 0.132 e. The molecular weight excluding hydrogens is 248 g/mol. The maximum absolute atomic E-state index is 4.47. The fourth-order valence-corrected chi connectivity index (χ4v) is 3.41. The average Bonchev–Trinajstić information content (AvgIpc) is 2.53. The number of hydrogen-bond donors (Lipinski definition) is 1. The van der Waals surface area contributed by atoms with Crippen molar-refractivity contribution in [2.75, 3.05) is 25.0 Å². The summed E-state index contributed by atoms with van der Waals surface area (Å²) in [5.74, 6) is 1.08. The molecule has 1 N–H and O–H groups in total. The topological polar surface area (TPSA) is 41.1 Å². The predicted octanol–water partition coefficient (Wildman–Crippen LogP) is 2.64. The molecule has 1 aliphatic carbocycles. The second kappa shape index (κ2) is 6.53. The van der Waals surface area contributed by atoms with E-state index in [0.717, 1.165) is 25.2 Å². The molecule has 2 heterocycles. The van der Waals surface area contributed by atoms with Gasteiger partial charge in [0, 0.05) is 23.8 Å². The van der Waals surface area contributed by atoms with Crippen LogP contribution in [-0.4, -0.2) is 40.5 Å². The van der Waals surface area contributed by atoms with E-state index in [4.69, 9.17) is 0 Å². The highest BCUT2D eigenvalue weighted by molar-refractivity contribution is 5.47. The van der Waals surface area contributed by atoms with Gasteiger partial charge in [0.05, 0.1) is 0 Å². The molecule has 1 saturated heterocycles. The molecule has 20 heavy (non-hydrogen) atoms. The molecule has 0 saturated carbocycles. The van der Waals surface area contributed by atoms with Crippen LogP contribution in [0.25, 0.3) is 0 Å². The van der Waals surface area contributed by atoms with Crippen LogP contribution in [0.5, 0.6) is 0 Å². The Balaban J connectivity index is 1.60. The first-order valence-corrected chi connectivity index (χ1v) is 8.15. The molecule has 4 nitrogen and oxygen atoms in total. The summed E-state index contributed by atoms with van der Waals surface area (Å²) in [5, 5.41) is 3.58. The number of piperidine rings is 1. The van der Waals surface area contributed by atoms with Crippen LogP contribution in [-0.2, 0) is 12.8 Å². The Kier molecular flexibility index (Phi) is 4.51. The molecule has 0 spiro atoms. The lowest BCUT2D eigenvalue weighted by Gasteiger charge is -2.32. The summed E-state index contributed by atoms with van der Waals surface area (Å²) in [5.41, 5.74) is 2.63. The van der Waals surface area contributed by atoms with Gasteiger partial charge < -0.3 is 5.32 Å². The summed E-state index contributed by atoms with van der Waals surface area (Å²) < 4.78 is 0. The zero-order chi connectivity index (χ0) is 13.8. The minimum atomic E-state index is 0.588. The maximum atomic E-state index is 4.47. The minimum absolute atomic E-state index is 0.588. The molecule has 110 valence electrons. The second-order valence-corrected chi connectivity index (χ2v) is 6.18. The largest absolute Gasteiger partial charge is 0.368 e. The number of hydrogen-bond acceptors (Lipinski definition) is 4. The van der Waals surface area contributed by atoms with Crippen LogP contribution in [0.1, 0.15) is 50.3 Å². The van der Waals surface area contributed by atoms with Gasteiger partial charge in [-0.2, -0.15) is 0 Å². The Labute approximate surface area is 122 Å². The molecule has 2 aliphatic rings. The predicted molar refractivity (Wildman–Crippen MR) is 82.0 cm³/mol. The smallest absolute Gasteiger partial charge is 0.132 e. The van der Waals surface area contributed by atoms with Crippen molar-refractivity contribution in [1.29, 1.82) is 0 Å². The highest BCUT2D eigenvalue weighted by Crippen LogP contribution is 2.24. The van der Waals surface area contributed by atoms with Crippen molar-refractivity contribution < 1.29 is 0 Å². The molecule has 0 aromatic carbocycles. The summed E-state index contributed by atoms with van der Waals surface area (Å²) in [7, 11) is 0. The van der Waals surface area contributed by atoms with E-state index in [1.807, 2.05) is 0 Å². The number of rotatable bonds is 4. The molecule has 0 amide bonds. The molecule has 1 aromatic heterocycles. The average molecular weight is 274 g/mol. The van der Waals surface area contributed by atoms with Crippen molar-refractivity contribution in [2.45, 2.75) is 57.9 Å². The SMILES string of the molecule is CC(CNc1ncnc2c1CCCC2)N1CCCCC1. The van der Waals surface area contributed by atoms with Crippen molar-refractivity contribution in [3.05, 3.63) is 17.6 Å². The first kappa shape index (κ1) is 13.8. The molecule has 4 heteroatoms. The fraction of sp³-hybridized carbons (Fsp3) is 0.750. The van der Waals surface area contributed by atoms with Crippen LogP contribution in [0.15, 0.2) is 6.33 Å². The van der Waals surface area contributed by atoms with E-state index >= 15 is 0 Å². The molecule has 1 unspecified atom stereocenters. The van der Waals surface area contributed by atoms with Gasteiger partial charge in [-0.3, -0.25) is 4.90 Å². The van der Waals surface area contributed by atoms with E-state index in [2.05, 4.69) is 27.1 Å². The van der Waals surface area contributed by atoms with Gasteiger partial charge in [-0.05, 0) is 58.5 Å². The monoisotopic (exact) mass is 274 g/mol. The van der Waals surface area contributed by atoms with E-state index in [1.54, 1.807) is 6.33 Å². The van der Waals surface area contributed by atoms with Gasteiger partial charge in [-0.15, -0.1) is 0 Å². The third-order valence-corrected chi connectivity index (χ3v) is 4.70. The van der Waals surface area contributed by atoms with Crippen molar-refractivity contribution in [3.8, 4) is 0 Å².